The van der Waals surface area contributed by atoms with Gasteiger partial charge in [-0.2, -0.15) is 0 Å². The maximum Gasteiger partial charge on any atom is 0.164 e. The van der Waals surface area contributed by atoms with Crippen molar-refractivity contribution in [3.05, 3.63) is 33.4 Å². The highest BCUT2D eigenvalue weighted by molar-refractivity contribution is 6.43. The molecule has 7 heteroatoms. The van der Waals surface area contributed by atoms with Crippen LogP contribution in [-0.4, -0.2) is 28.7 Å². The molecule has 1 aromatic heterocycles. The second-order valence-corrected chi connectivity index (χ2v) is 7.66. The topological polar surface area (TPSA) is 32.6 Å². The smallest absolute Gasteiger partial charge is 0.164 e. The van der Waals surface area contributed by atoms with Crippen LogP contribution in [0.5, 0.6) is 0 Å². The van der Waals surface area contributed by atoms with Crippen LogP contribution in [0.3, 0.4) is 0 Å². The van der Waals surface area contributed by atoms with Gasteiger partial charge in [0.1, 0.15) is 17.4 Å². The third-order valence-electron chi connectivity index (χ3n) is 4.35. The van der Waals surface area contributed by atoms with Gasteiger partial charge < -0.3 is 18.8 Å². The first-order valence-corrected chi connectivity index (χ1v) is 8.57. The van der Waals surface area contributed by atoms with Gasteiger partial charge in [-0.05, 0) is 39.0 Å². The van der Waals surface area contributed by atoms with E-state index in [4.69, 9.17) is 49.0 Å². The molecule has 0 bridgehead atoms. The lowest BCUT2D eigenvalue weighted by atomic mass is 10.1. The Balaban J connectivity index is 1.83. The number of halogens is 3. The molecule has 0 spiro atoms. The summed E-state index contributed by atoms with van der Waals surface area (Å²) in [5.74, 6) is -0.637. The first-order chi connectivity index (χ1) is 10.8. The number of benzene rings is 1. The van der Waals surface area contributed by atoms with E-state index in [1.807, 2.05) is 31.4 Å². The van der Waals surface area contributed by atoms with Crippen LogP contribution in [0.4, 0.5) is 0 Å². The Hall–Kier alpha value is -0.490. The molecule has 4 atom stereocenters. The highest BCUT2D eigenvalue weighted by Crippen LogP contribution is 2.45. The van der Waals surface area contributed by atoms with Gasteiger partial charge in [-0.3, -0.25) is 0 Å². The molecule has 3 heterocycles. The summed E-state index contributed by atoms with van der Waals surface area (Å²) in [5, 5.41) is 2.42. The quantitative estimate of drug-likeness (QED) is 0.699. The molecule has 4 rings (SSSR count). The summed E-state index contributed by atoms with van der Waals surface area (Å²) < 4.78 is 20.0. The molecule has 2 aromatic rings. The van der Waals surface area contributed by atoms with Gasteiger partial charge in [0, 0.05) is 5.39 Å². The van der Waals surface area contributed by atoms with E-state index in [-0.39, 0.29) is 24.5 Å². The normalized spacial score (nSPS) is 32.6. The lowest BCUT2D eigenvalue weighted by Crippen LogP contribution is -2.27. The van der Waals surface area contributed by atoms with Gasteiger partial charge in [0.2, 0.25) is 0 Å². The molecule has 2 unspecified atom stereocenters. The molecular formula is C16H16Cl3NO3. The molecule has 1 aromatic carbocycles. The molecule has 4 nitrogen and oxygen atoms in total. The van der Waals surface area contributed by atoms with Crippen molar-refractivity contribution in [2.75, 3.05) is 0 Å². The van der Waals surface area contributed by atoms with Crippen molar-refractivity contribution in [1.29, 1.82) is 0 Å². The van der Waals surface area contributed by atoms with Gasteiger partial charge >= 0.3 is 0 Å². The second kappa shape index (κ2) is 5.25. The van der Waals surface area contributed by atoms with Crippen molar-refractivity contribution in [2.45, 2.75) is 51.1 Å². The fourth-order valence-electron chi connectivity index (χ4n) is 3.43. The highest BCUT2D eigenvalue weighted by atomic mass is 35.5. The Kier molecular flexibility index (Phi) is 3.65. The minimum absolute atomic E-state index is 0.0944. The third kappa shape index (κ3) is 2.48. The van der Waals surface area contributed by atoms with Crippen LogP contribution in [0.25, 0.3) is 10.9 Å². The molecular weight excluding hydrogens is 361 g/mol. The molecule has 0 aliphatic carbocycles. The first kappa shape index (κ1) is 16.0. The van der Waals surface area contributed by atoms with Gasteiger partial charge in [-0.25, -0.2) is 0 Å². The Morgan fingerprint density at radius 2 is 1.65 bits per heavy atom. The fourth-order valence-corrected chi connectivity index (χ4v) is 4.07. The van der Waals surface area contributed by atoms with Crippen molar-refractivity contribution in [1.82, 2.24) is 4.57 Å². The zero-order chi connectivity index (χ0) is 16.5. The summed E-state index contributed by atoms with van der Waals surface area (Å²) >= 11 is 18.7. The summed E-state index contributed by atoms with van der Waals surface area (Å²) in [5.41, 5.74) is 0.857. The third-order valence-corrected chi connectivity index (χ3v) is 5.36. The average Bonchev–Trinajstić information content (AvgIpc) is 3.02. The Labute approximate surface area is 149 Å². The van der Waals surface area contributed by atoms with Crippen molar-refractivity contribution in [3.8, 4) is 0 Å². The summed E-state index contributed by atoms with van der Waals surface area (Å²) in [6.45, 7) is 5.79. The summed E-state index contributed by atoms with van der Waals surface area (Å²) in [7, 11) is 0. The van der Waals surface area contributed by atoms with Gasteiger partial charge in [-0.1, -0.05) is 34.8 Å². The van der Waals surface area contributed by atoms with Crippen LogP contribution in [0, 0.1) is 0 Å². The number of hydrogen-bond donors (Lipinski definition) is 0. The van der Waals surface area contributed by atoms with Crippen LogP contribution >= 0.6 is 34.8 Å². The van der Waals surface area contributed by atoms with E-state index in [1.54, 1.807) is 12.1 Å². The Morgan fingerprint density at radius 3 is 2.39 bits per heavy atom. The Bertz CT molecular complexity index is 788. The van der Waals surface area contributed by atoms with Crippen molar-refractivity contribution < 1.29 is 14.2 Å². The molecule has 0 N–H and O–H groups in total. The predicted octanol–water partition coefficient (Wildman–Crippen LogP) is 5.04. The van der Waals surface area contributed by atoms with Crippen LogP contribution in [-0.2, 0) is 14.2 Å². The van der Waals surface area contributed by atoms with E-state index < -0.39 is 5.79 Å². The van der Waals surface area contributed by atoms with Crippen LogP contribution < -0.4 is 0 Å². The zero-order valence-electron chi connectivity index (χ0n) is 12.8. The number of hydrogen-bond acceptors (Lipinski definition) is 3. The number of rotatable bonds is 1. The molecule has 2 aliphatic rings. The lowest BCUT2D eigenvalue weighted by molar-refractivity contribution is -0.194. The van der Waals surface area contributed by atoms with E-state index in [1.165, 1.54) is 0 Å². The molecule has 0 amide bonds. The van der Waals surface area contributed by atoms with Crippen molar-refractivity contribution in [3.63, 3.8) is 0 Å². The SMILES string of the molecule is C[C@H]1O[C@@H](n2c(Cl)cc3cc(Cl)c(Cl)cc32)C2OC(C)(C)OC21. The highest BCUT2D eigenvalue weighted by Gasteiger charge is 2.54. The van der Waals surface area contributed by atoms with E-state index in [0.29, 0.717) is 15.2 Å². The summed E-state index contributed by atoms with van der Waals surface area (Å²) in [6, 6.07) is 5.45. The van der Waals surface area contributed by atoms with Gasteiger partial charge in [0.25, 0.3) is 0 Å². The minimum Gasteiger partial charge on any atom is -0.349 e. The van der Waals surface area contributed by atoms with E-state index in [0.717, 1.165) is 10.9 Å². The minimum atomic E-state index is -0.637. The molecule has 2 saturated heterocycles. The fraction of sp³-hybridized carbons (Fsp3) is 0.500. The van der Waals surface area contributed by atoms with E-state index >= 15 is 0 Å². The number of aromatic nitrogens is 1. The van der Waals surface area contributed by atoms with E-state index in [9.17, 15) is 0 Å². The molecule has 23 heavy (non-hydrogen) atoms. The monoisotopic (exact) mass is 375 g/mol. The molecule has 2 fully saturated rings. The number of fused-ring (bicyclic) bond motifs is 2. The van der Waals surface area contributed by atoms with Gasteiger partial charge in [0.15, 0.2) is 12.0 Å². The molecule has 2 aliphatic heterocycles. The van der Waals surface area contributed by atoms with Crippen LogP contribution in [0.15, 0.2) is 18.2 Å². The molecule has 124 valence electrons. The summed E-state index contributed by atoms with van der Waals surface area (Å²) in [4.78, 5) is 0. The van der Waals surface area contributed by atoms with E-state index in [2.05, 4.69) is 0 Å². The lowest BCUT2D eigenvalue weighted by Gasteiger charge is -2.25. The zero-order valence-corrected chi connectivity index (χ0v) is 15.1. The standard InChI is InChI=1S/C16H16Cl3NO3/c1-7-13-14(23-16(2,3)22-13)15(21-7)20-11-6-10(18)9(17)4-8(11)5-12(20)19/h4-7,13-15H,1-3H3/t7-,13?,14?,15-/m1/s1. The van der Waals surface area contributed by atoms with Crippen LogP contribution in [0.1, 0.15) is 27.0 Å². The van der Waals surface area contributed by atoms with Crippen molar-refractivity contribution in [2.24, 2.45) is 0 Å². The van der Waals surface area contributed by atoms with Gasteiger partial charge in [-0.15, -0.1) is 0 Å². The first-order valence-electron chi connectivity index (χ1n) is 7.43. The average molecular weight is 377 g/mol. The van der Waals surface area contributed by atoms with Gasteiger partial charge in [0.05, 0.1) is 21.7 Å². The second-order valence-electron chi connectivity index (χ2n) is 6.46. The molecule has 0 saturated carbocycles. The van der Waals surface area contributed by atoms with Crippen LogP contribution in [0.2, 0.25) is 15.2 Å². The number of nitrogens with zero attached hydrogens (tertiary/aromatic N) is 1. The largest absolute Gasteiger partial charge is 0.349 e. The Morgan fingerprint density at radius 1 is 1.00 bits per heavy atom. The van der Waals surface area contributed by atoms with Crippen molar-refractivity contribution >= 4 is 45.7 Å². The maximum atomic E-state index is 6.46. The number of ether oxygens (including phenoxy) is 3. The summed E-state index contributed by atoms with van der Waals surface area (Å²) in [6.07, 6.45) is -0.837. The maximum absolute atomic E-state index is 6.46. The predicted molar refractivity (Wildman–Crippen MR) is 90.4 cm³/mol. The molecule has 0 radical (unpaired) electrons.